The summed E-state index contributed by atoms with van der Waals surface area (Å²) in [5.74, 6) is 3.27. The molecule has 6 heteroatoms. The third kappa shape index (κ3) is 3.80. The molecule has 0 saturated carbocycles. The fourth-order valence-electron chi connectivity index (χ4n) is 2.36. The van der Waals surface area contributed by atoms with E-state index >= 15 is 0 Å². The fourth-order valence-corrected chi connectivity index (χ4v) is 3.98. The van der Waals surface area contributed by atoms with Gasteiger partial charge in [-0.15, -0.1) is 11.8 Å². The van der Waals surface area contributed by atoms with Gasteiger partial charge in [0.15, 0.2) is 11.5 Å². The van der Waals surface area contributed by atoms with Crippen molar-refractivity contribution in [2.75, 3.05) is 38.5 Å². The first-order valence-corrected chi connectivity index (χ1v) is 9.27. The van der Waals surface area contributed by atoms with Gasteiger partial charge in [0.1, 0.15) is 5.37 Å². The molecule has 116 valence electrons. The van der Waals surface area contributed by atoms with Crippen molar-refractivity contribution in [2.24, 2.45) is 0 Å². The van der Waals surface area contributed by atoms with E-state index in [1.54, 1.807) is 26.0 Å². The van der Waals surface area contributed by atoms with E-state index in [0.717, 1.165) is 24.3 Å². The number of thioether (sulfide) groups is 2. The predicted octanol–water partition coefficient (Wildman–Crippen LogP) is 3.03. The number of methoxy groups -OCH3 is 2. The zero-order chi connectivity index (χ0) is 15.2. The molecular formula is C15H21NO3S2. The van der Waals surface area contributed by atoms with Crippen LogP contribution in [0.25, 0.3) is 0 Å². The minimum Gasteiger partial charge on any atom is -0.493 e. The largest absolute Gasteiger partial charge is 0.493 e. The minimum absolute atomic E-state index is 0.0826. The maximum Gasteiger partial charge on any atom is 0.233 e. The van der Waals surface area contributed by atoms with E-state index < -0.39 is 0 Å². The number of nitrogens with zero attached hydrogens (tertiary/aromatic N) is 1. The van der Waals surface area contributed by atoms with Gasteiger partial charge in [0, 0.05) is 6.54 Å². The molecule has 4 nitrogen and oxygen atoms in total. The summed E-state index contributed by atoms with van der Waals surface area (Å²) in [6.07, 6.45) is 3.11. The molecule has 2 rings (SSSR count). The number of carbonyl (C=O) groups is 1. The summed E-state index contributed by atoms with van der Waals surface area (Å²) in [5, 5.41) is 0.0826. The van der Waals surface area contributed by atoms with Crippen LogP contribution in [0.15, 0.2) is 18.2 Å². The Labute approximate surface area is 134 Å². The van der Waals surface area contributed by atoms with Gasteiger partial charge in [0.2, 0.25) is 5.91 Å². The van der Waals surface area contributed by atoms with E-state index in [1.165, 1.54) is 0 Å². The lowest BCUT2D eigenvalue weighted by atomic mass is 10.1. The summed E-state index contributed by atoms with van der Waals surface area (Å²) < 4.78 is 10.6. The smallest absolute Gasteiger partial charge is 0.233 e. The van der Waals surface area contributed by atoms with E-state index in [4.69, 9.17) is 9.47 Å². The molecule has 0 radical (unpaired) electrons. The second-order valence-electron chi connectivity index (χ2n) is 4.71. The molecule has 1 aliphatic heterocycles. The van der Waals surface area contributed by atoms with Crippen molar-refractivity contribution in [3.8, 4) is 11.5 Å². The van der Waals surface area contributed by atoms with Crippen LogP contribution in [-0.4, -0.2) is 49.3 Å². The highest BCUT2D eigenvalue weighted by Gasteiger charge is 2.32. The minimum atomic E-state index is 0.0826. The molecule has 1 fully saturated rings. The van der Waals surface area contributed by atoms with E-state index in [0.29, 0.717) is 17.3 Å². The number of amides is 1. The molecule has 1 atom stereocenters. The summed E-state index contributed by atoms with van der Waals surface area (Å²) in [4.78, 5) is 14.0. The summed E-state index contributed by atoms with van der Waals surface area (Å²) in [7, 11) is 3.25. The van der Waals surface area contributed by atoms with E-state index in [2.05, 4.69) is 6.26 Å². The highest BCUT2D eigenvalue weighted by molar-refractivity contribution is 8.00. The van der Waals surface area contributed by atoms with Gasteiger partial charge in [-0.2, -0.15) is 11.8 Å². The van der Waals surface area contributed by atoms with Crippen molar-refractivity contribution in [3.63, 3.8) is 0 Å². The van der Waals surface area contributed by atoms with Crippen LogP contribution in [-0.2, 0) is 4.79 Å². The van der Waals surface area contributed by atoms with Crippen molar-refractivity contribution in [3.05, 3.63) is 23.8 Å². The molecule has 0 spiro atoms. The number of ether oxygens (including phenoxy) is 2. The van der Waals surface area contributed by atoms with Crippen LogP contribution in [0.1, 0.15) is 17.4 Å². The van der Waals surface area contributed by atoms with Crippen LogP contribution in [0, 0.1) is 0 Å². The molecular weight excluding hydrogens is 306 g/mol. The van der Waals surface area contributed by atoms with Crippen LogP contribution < -0.4 is 9.47 Å². The Morgan fingerprint density at radius 2 is 2.10 bits per heavy atom. The molecule has 1 saturated heterocycles. The maximum absolute atomic E-state index is 12.1. The molecule has 0 bridgehead atoms. The monoisotopic (exact) mass is 327 g/mol. The summed E-state index contributed by atoms with van der Waals surface area (Å²) >= 11 is 3.49. The third-order valence-corrected chi connectivity index (χ3v) is 5.36. The average molecular weight is 327 g/mol. The Morgan fingerprint density at radius 1 is 1.33 bits per heavy atom. The standard InChI is InChI=1S/C15H21NO3S2/c1-18-12-6-5-11(9-13(12)19-2)15-16(7-4-8-20-3)14(17)10-21-15/h5-6,9,15H,4,7-8,10H2,1-3H3. The topological polar surface area (TPSA) is 38.8 Å². The van der Waals surface area contributed by atoms with Gasteiger partial charge in [-0.25, -0.2) is 0 Å². The molecule has 1 aromatic carbocycles. The number of benzene rings is 1. The Hall–Kier alpha value is -1.01. The lowest BCUT2D eigenvalue weighted by Crippen LogP contribution is -2.29. The first-order valence-electron chi connectivity index (χ1n) is 6.83. The first kappa shape index (κ1) is 16.4. The van der Waals surface area contributed by atoms with E-state index in [9.17, 15) is 4.79 Å². The van der Waals surface area contributed by atoms with Gasteiger partial charge in [0.25, 0.3) is 0 Å². The zero-order valence-corrected chi connectivity index (χ0v) is 14.3. The first-order chi connectivity index (χ1) is 10.2. The molecule has 1 aromatic rings. The van der Waals surface area contributed by atoms with Gasteiger partial charge in [-0.1, -0.05) is 6.07 Å². The van der Waals surface area contributed by atoms with Crippen LogP contribution in [0.3, 0.4) is 0 Å². The van der Waals surface area contributed by atoms with Gasteiger partial charge in [-0.3, -0.25) is 4.79 Å². The second kappa shape index (κ2) is 7.84. The van der Waals surface area contributed by atoms with Gasteiger partial charge in [-0.05, 0) is 36.1 Å². The lowest BCUT2D eigenvalue weighted by Gasteiger charge is -2.24. The van der Waals surface area contributed by atoms with Crippen LogP contribution >= 0.6 is 23.5 Å². The van der Waals surface area contributed by atoms with Crippen molar-refractivity contribution < 1.29 is 14.3 Å². The summed E-state index contributed by atoms with van der Waals surface area (Å²) in [6.45, 7) is 0.811. The SMILES string of the molecule is COc1ccc(C2SCC(=O)N2CCCSC)cc1OC. The number of hydrogen-bond acceptors (Lipinski definition) is 5. The quantitative estimate of drug-likeness (QED) is 0.720. The van der Waals surface area contributed by atoms with Crippen LogP contribution in [0.5, 0.6) is 11.5 Å². The predicted molar refractivity (Wildman–Crippen MR) is 89.5 cm³/mol. The van der Waals surface area contributed by atoms with Gasteiger partial charge < -0.3 is 14.4 Å². The molecule has 1 unspecified atom stereocenters. The van der Waals surface area contributed by atoms with Crippen molar-refractivity contribution in [1.82, 2.24) is 4.90 Å². The summed E-state index contributed by atoms with van der Waals surface area (Å²) in [5.41, 5.74) is 1.09. The van der Waals surface area contributed by atoms with Crippen molar-refractivity contribution >= 4 is 29.4 Å². The maximum atomic E-state index is 12.1. The zero-order valence-electron chi connectivity index (χ0n) is 12.6. The number of rotatable bonds is 7. The molecule has 0 aromatic heterocycles. The van der Waals surface area contributed by atoms with E-state index in [1.807, 2.05) is 34.9 Å². The Balaban J connectivity index is 2.17. The average Bonchev–Trinajstić information content (AvgIpc) is 2.88. The molecule has 0 N–H and O–H groups in total. The highest BCUT2D eigenvalue weighted by atomic mass is 32.2. The van der Waals surface area contributed by atoms with Gasteiger partial charge in [0.05, 0.1) is 20.0 Å². The number of hydrogen-bond donors (Lipinski definition) is 0. The Kier molecular flexibility index (Phi) is 6.11. The molecule has 1 heterocycles. The fraction of sp³-hybridized carbons (Fsp3) is 0.533. The molecule has 1 aliphatic rings. The van der Waals surface area contributed by atoms with Crippen LogP contribution in [0.2, 0.25) is 0 Å². The molecule has 0 aliphatic carbocycles. The highest BCUT2D eigenvalue weighted by Crippen LogP contribution is 2.41. The Bertz CT molecular complexity index is 496. The molecule has 21 heavy (non-hydrogen) atoms. The van der Waals surface area contributed by atoms with E-state index in [-0.39, 0.29) is 11.3 Å². The second-order valence-corrected chi connectivity index (χ2v) is 6.77. The van der Waals surface area contributed by atoms with Crippen molar-refractivity contribution in [1.29, 1.82) is 0 Å². The lowest BCUT2D eigenvalue weighted by molar-refractivity contribution is -0.128. The van der Waals surface area contributed by atoms with Crippen molar-refractivity contribution in [2.45, 2.75) is 11.8 Å². The van der Waals surface area contributed by atoms with Crippen LogP contribution in [0.4, 0.5) is 0 Å². The van der Waals surface area contributed by atoms with Gasteiger partial charge >= 0.3 is 0 Å². The number of carbonyl (C=O) groups excluding carboxylic acids is 1. The third-order valence-electron chi connectivity index (χ3n) is 3.41. The Morgan fingerprint density at radius 3 is 2.76 bits per heavy atom. The summed E-state index contributed by atoms with van der Waals surface area (Å²) in [6, 6.07) is 5.88. The normalized spacial score (nSPS) is 18.1. The molecule has 1 amide bonds.